The fraction of sp³-hybridized carbons (Fsp3) is 0.552. The summed E-state index contributed by atoms with van der Waals surface area (Å²) in [5.74, 6) is -1.04. The molecule has 3 heterocycles. The summed E-state index contributed by atoms with van der Waals surface area (Å²) in [7, 11) is 3.31. The molecule has 1 aromatic carbocycles. The number of fused-ring (bicyclic) bond motifs is 1. The topological polar surface area (TPSA) is 90.4 Å². The molecular formula is C29H39N3O5S. The second kappa shape index (κ2) is 11.1. The highest BCUT2D eigenvalue weighted by Crippen LogP contribution is 2.67. The van der Waals surface area contributed by atoms with E-state index in [4.69, 9.17) is 4.74 Å². The van der Waals surface area contributed by atoms with Crippen molar-refractivity contribution in [3.63, 3.8) is 0 Å². The van der Waals surface area contributed by atoms with Crippen molar-refractivity contribution in [2.45, 2.75) is 48.8 Å². The third-order valence-corrected chi connectivity index (χ3v) is 10.3. The van der Waals surface area contributed by atoms with Gasteiger partial charge < -0.3 is 24.5 Å². The van der Waals surface area contributed by atoms with Gasteiger partial charge in [-0.15, -0.1) is 24.9 Å². The third-order valence-electron chi connectivity index (χ3n) is 8.31. The summed E-state index contributed by atoms with van der Waals surface area (Å²) in [6.45, 7) is 11.9. The lowest BCUT2D eigenvalue weighted by Crippen LogP contribution is -2.58. The van der Waals surface area contributed by atoms with E-state index in [9.17, 15) is 19.5 Å². The fourth-order valence-corrected chi connectivity index (χ4v) is 8.72. The third kappa shape index (κ3) is 4.43. The molecule has 0 radical (unpaired) electrons. The van der Waals surface area contributed by atoms with Gasteiger partial charge in [-0.25, -0.2) is 0 Å². The lowest BCUT2D eigenvalue weighted by Gasteiger charge is -2.40. The SMILES string of the molecule is C=CCN(C)C(=O)[C@@H]1[C@@H]2CCC3(S2)C(C(=O)N(CC=C)c2ccc(OC)cc2)N([C@@H](CO)C(C)C)C(=O)[C@H]13. The number of hydrogen-bond acceptors (Lipinski definition) is 6. The molecule has 1 spiro atoms. The van der Waals surface area contributed by atoms with E-state index in [1.807, 2.05) is 26.0 Å². The standard InChI is InChI=1S/C29H39N3O5S/c1-7-15-30(5)26(34)23-22-13-14-29(38-22)24(23)27(35)32(21(17-33)18(3)4)25(29)28(36)31(16-8-2)19-9-11-20(37-6)12-10-19/h7-12,18,21-25,33H,1-2,13-17H2,3-6H3/t21-,22-,23+,24-,25?,29?/m0/s1. The number of aliphatic hydroxyl groups excluding tert-OH is 1. The quantitative estimate of drug-likeness (QED) is 0.434. The van der Waals surface area contributed by atoms with Gasteiger partial charge in [-0.05, 0) is 43.0 Å². The minimum absolute atomic E-state index is 0.0263. The molecular weight excluding hydrogens is 502 g/mol. The highest BCUT2D eigenvalue weighted by Gasteiger charge is 2.74. The van der Waals surface area contributed by atoms with Crippen LogP contribution in [0, 0.1) is 17.8 Å². The van der Waals surface area contributed by atoms with Crippen LogP contribution < -0.4 is 9.64 Å². The zero-order valence-corrected chi connectivity index (χ0v) is 23.5. The summed E-state index contributed by atoms with van der Waals surface area (Å²) in [5.41, 5.74) is 0.670. The van der Waals surface area contributed by atoms with Crippen molar-refractivity contribution < 1.29 is 24.2 Å². The first kappa shape index (κ1) is 28.2. The molecule has 4 rings (SSSR count). The number of aliphatic hydroxyl groups is 1. The average molecular weight is 542 g/mol. The molecule has 0 aliphatic carbocycles. The molecule has 9 heteroatoms. The van der Waals surface area contributed by atoms with Crippen molar-refractivity contribution in [1.82, 2.24) is 9.80 Å². The Morgan fingerprint density at radius 2 is 1.87 bits per heavy atom. The summed E-state index contributed by atoms with van der Waals surface area (Å²) in [6, 6.07) is 5.87. The number of thioether (sulfide) groups is 1. The summed E-state index contributed by atoms with van der Waals surface area (Å²) in [6.07, 6.45) is 4.77. The Kier molecular flexibility index (Phi) is 8.28. The number of carbonyl (C=O) groups is 3. The maximum atomic E-state index is 14.6. The molecule has 3 aliphatic rings. The first-order chi connectivity index (χ1) is 18.2. The number of carbonyl (C=O) groups excluding carboxylic acids is 3. The molecule has 3 saturated heterocycles. The lowest BCUT2D eigenvalue weighted by molar-refractivity contribution is -0.145. The van der Waals surface area contributed by atoms with E-state index >= 15 is 0 Å². The van der Waals surface area contributed by atoms with Crippen LogP contribution in [0.25, 0.3) is 0 Å². The van der Waals surface area contributed by atoms with Gasteiger partial charge in [-0.3, -0.25) is 14.4 Å². The van der Waals surface area contributed by atoms with Gasteiger partial charge in [0.25, 0.3) is 5.91 Å². The van der Waals surface area contributed by atoms with Crippen LogP contribution in [0.15, 0.2) is 49.6 Å². The van der Waals surface area contributed by atoms with Crippen molar-refractivity contribution in [3.8, 4) is 5.75 Å². The van der Waals surface area contributed by atoms with Crippen LogP contribution in [0.3, 0.4) is 0 Å². The van der Waals surface area contributed by atoms with Crippen molar-refractivity contribution in [1.29, 1.82) is 0 Å². The Morgan fingerprint density at radius 1 is 1.21 bits per heavy atom. The fourth-order valence-electron chi connectivity index (χ4n) is 6.53. The van der Waals surface area contributed by atoms with Crippen LogP contribution in [-0.2, 0) is 14.4 Å². The normalized spacial score (nSPS) is 28.3. The van der Waals surface area contributed by atoms with Gasteiger partial charge in [0, 0.05) is 31.1 Å². The highest BCUT2D eigenvalue weighted by molar-refractivity contribution is 8.02. The van der Waals surface area contributed by atoms with Gasteiger partial charge in [0.15, 0.2) is 0 Å². The monoisotopic (exact) mass is 541 g/mol. The molecule has 0 saturated carbocycles. The van der Waals surface area contributed by atoms with E-state index < -0.39 is 28.7 Å². The molecule has 3 fully saturated rings. The van der Waals surface area contributed by atoms with Crippen molar-refractivity contribution in [2.24, 2.45) is 17.8 Å². The van der Waals surface area contributed by atoms with Gasteiger partial charge in [0.05, 0.1) is 36.3 Å². The maximum absolute atomic E-state index is 14.6. The van der Waals surface area contributed by atoms with Gasteiger partial charge in [-0.1, -0.05) is 26.0 Å². The molecule has 0 aromatic heterocycles. The van der Waals surface area contributed by atoms with E-state index in [2.05, 4.69) is 13.2 Å². The zero-order chi connectivity index (χ0) is 27.8. The molecule has 1 N–H and O–H groups in total. The van der Waals surface area contributed by atoms with E-state index in [0.29, 0.717) is 24.4 Å². The predicted octanol–water partition coefficient (Wildman–Crippen LogP) is 2.97. The van der Waals surface area contributed by atoms with Crippen LogP contribution in [0.2, 0.25) is 0 Å². The van der Waals surface area contributed by atoms with E-state index in [1.165, 1.54) is 0 Å². The predicted molar refractivity (Wildman–Crippen MR) is 150 cm³/mol. The molecule has 8 nitrogen and oxygen atoms in total. The van der Waals surface area contributed by atoms with Gasteiger partial charge in [-0.2, -0.15) is 0 Å². The minimum atomic E-state index is -0.806. The first-order valence-electron chi connectivity index (χ1n) is 13.2. The molecule has 2 bridgehead atoms. The van der Waals surface area contributed by atoms with Crippen LogP contribution in [-0.4, -0.2) is 88.6 Å². The van der Waals surface area contributed by atoms with Crippen molar-refractivity contribution in [3.05, 3.63) is 49.6 Å². The van der Waals surface area contributed by atoms with Crippen molar-refractivity contribution in [2.75, 3.05) is 38.8 Å². The number of likely N-dealkylation sites (N-methyl/N-ethyl adjacent to an activating group) is 1. The summed E-state index contributed by atoms with van der Waals surface area (Å²) >= 11 is 1.63. The number of ether oxygens (including phenoxy) is 1. The highest BCUT2D eigenvalue weighted by atomic mass is 32.2. The van der Waals surface area contributed by atoms with Crippen LogP contribution in [0.1, 0.15) is 26.7 Å². The number of benzene rings is 1. The van der Waals surface area contributed by atoms with E-state index in [1.54, 1.807) is 64.9 Å². The Balaban J connectivity index is 1.81. The number of nitrogens with zero attached hydrogens (tertiary/aromatic N) is 3. The number of likely N-dealkylation sites (tertiary alicyclic amines) is 1. The zero-order valence-electron chi connectivity index (χ0n) is 22.7. The van der Waals surface area contributed by atoms with Crippen LogP contribution in [0.5, 0.6) is 5.75 Å². The average Bonchev–Trinajstić information content (AvgIpc) is 3.55. The molecule has 206 valence electrons. The largest absolute Gasteiger partial charge is 0.497 e. The molecule has 6 atom stereocenters. The number of amides is 3. The minimum Gasteiger partial charge on any atom is -0.497 e. The lowest BCUT2D eigenvalue weighted by atomic mass is 9.70. The second-order valence-electron chi connectivity index (χ2n) is 10.7. The number of rotatable bonds is 11. The summed E-state index contributed by atoms with van der Waals surface area (Å²) < 4.78 is 4.56. The number of anilines is 1. The molecule has 3 amide bonds. The Labute approximate surface area is 229 Å². The van der Waals surface area contributed by atoms with Gasteiger partial charge in [0.1, 0.15) is 11.8 Å². The molecule has 38 heavy (non-hydrogen) atoms. The Hall–Kier alpha value is -2.78. The Morgan fingerprint density at radius 3 is 2.42 bits per heavy atom. The smallest absolute Gasteiger partial charge is 0.251 e. The van der Waals surface area contributed by atoms with Crippen molar-refractivity contribution >= 4 is 35.2 Å². The summed E-state index contributed by atoms with van der Waals surface area (Å²) in [4.78, 5) is 47.4. The Bertz CT molecular complexity index is 1090. The molecule has 2 unspecified atom stereocenters. The number of hydrogen-bond donors (Lipinski definition) is 1. The van der Waals surface area contributed by atoms with Crippen LogP contribution >= 0.6 is 11.8 Å². The van der Waals surface area contributed by atoms with Gasteiger partial charge in [0.2, 0.25) is 11.8 Å². The maximum Gasteiger partial charge on any atom is 0.251 e. The first-order valence-corrected chi connectivity index (χ1v) is 14.1. The second-order valence-corrected chi connectivity index (χ2v) is 12.3. The number of methoxy groups -OCH3 is 1. The molecule has 3 aliphatic heterocycles. The molecule has 1 aromatic rings. The van der Waals surface area contributed by atoms with E-state index in [-0.39, 0.29) is 42.0 Å². The van der Waals surface area contributed by atoms with Crippen LogP contribution in [0.4, 0.5) is 5.69 Å². The summed E-state index contributed by atoms with van der Waals surface area (Å²) in [5, 5.41) is 10.4. The van der Waals surface area contributed by atoms with E-state index in [0.717, 1.165) is 6.42 Å². The van der Waals surface area contributed by atoms with Gasteiger partial charge >= 0.3 is 0 Å².